The van der Waals surface area contributed by atoms with Gasteiger partial charge in [0.2, 0.25) is 10.0 Å². The second-order valence-electron chi connectivity index (χ2n) is 5.93. The van der Waals surface area contributed by atoms with Crippen molar-refractivity contribution in [1.82, 2.24) is 9.62 Å². The molecule has 0 aliphatic heterocycles. The topological polar surface area (TPSA) is 49.4 Å². The van der Waals surface area contributed by atoms with Crippen LogP contribution in [0.2, 0.25) is 0 Å². The van der Waals surface area contributed by atoms with Crippen LogP contribution in [-0.2, 0) is 10.0 Å². The zero-order valence-electron chi connectivity index (χ0n) is 11.7. The molecule has 1 aliphatic rings. The summed E-state index contributed by atoms with van der Waals surface area (Å²) in [5, 5.41) is 3.26. The first-order chi connectivity index (χ1) is 7.70. The van der Waals surface area contributed by atoms with E-state index in [9.17, 15) is 8.42 Å². The lowest BCUT2D eigenvalue weighted by molar-refractivity contribution is 0.251. The van der Waals surface area contributed by atoms with Crippen LogP contribution in [0, 0.1) is 0 Å². The standard InChI is InChI=1S/C12H26N2O2S/c1-12(2,3)17(15,16)14(5)11-8-6-10(13-4)7-9-11/h10-11,13H,6-9H2,1-5H3. The number of rotatable bonds is 3. The van der Waals surface area contributed by atoms with Gasteiger partial charge < -0.3 is 5.32 Å². The molecule has 0 saturated heterocycles. The first-order valence-electron chi connectivity index (χ1n) is 6.35. The van der Waals surface area contributed by atoms with Crippen LogP contribution in [0.5, 0.6) is 0 Å². The van der Waals surface area contributed by atoms with E-state index in [1.54, 1.807) is 32.1 Å². The van der Waals surface area contributed by atoms with Gasteiger partial charge in [0.05, 0.1) is 4.75 Å². The minimum Gasteiger partial charge on any atom is -0.317 e. The molecule has 0 bridgehead atoms. The monoisotopic (exact) mass is 262 g/mol. The smallest absolute Gasteiger partial charge is 0.219 e. The summed E-state index contributed by atoms with van der Waals surface area (Å²) < 4.78 is 25.5. The summed E-state index contributed by atoms with van der Waals surface area (Å²) in [5.41, 5.74) is 0. The fourth-order valence-electron chi connectivity index (χ4n) is 2.36. The maximum atomic E-state index is 12.3. The van der Waals surface area contributed by atoms with E-state index in [1.807, 2.05) is 7.05 Å². The van der Waals surface area contributed by atoms with E-state index in [0.29, 0.717) is 6.04 Å². The molecule has 5 heteroatoms. The Morgan fingerprint density at radius 3 is 1.94 bits per heavy atom. The number of hydrogen-bond acceptors (Lipinski definition) is 3. The van der Waals surface area contributed by atoms with E-state index in [0.717, 1.165) is 25.7 Å². The van der Waals surface area contributed by atoms with Crippen LogP contribution in [0.3, 0.4) is 0 Å². The Bertz CT molecular complexity index is 338. The van der Waals surface area contributed by atoms with Gasteiger partial charge in [-0.2, -0.15) is 0 Å². The van der Waals surface area contributed by atoms with Crippen LogP contribution in [0.1, 0.15) is 46.5 Å². The maximum Gasteiger partial charge on any atom is 0.219 e. The minimum atomic E-state index is -3.19. The summed E-state index contributed by atoms with van der Waals surface area (Å²) in [4.78, 5) is 0. The summed E-state index contributed by atoms with van der Waals surface area (Å²) in [6, 6.07) is 0.723. The van der Waals surface area contributed by atoms with Crippen molar-refractivity contribution in [2.45, 2.75) is 63.3 Å². The first kappa shape index (κ1) is 14.9. The molecule has 0 unspecified atom stereocenters. The number of nitrogens with zero attached hydrogens (tertiary/aromatic N) is 1. The lowest BCUT2D eigenvalue weighted by Gasteiger charge is -2.37. The Balaban J connectivity index is 2.70. The van der Waals surface area contributed by atoms with Gasteiger partial charge in [-0.1, -0.05) is 0 Å². The van der Waals surface area contributed by atoms with Crippen molar-refractivity contribution in [2.75, 3.05) is 14.1 Å². The predicted octanol–water partition coefficient (Wildman–Crippen LogP) is 1.58. The summed E-state index contributed by atoms with van der Waals surface area (Å²) in [6.07, 6.45) is 4.03. The van der Waals surface area contributed by atoms with E-state index in [4.69, 9.17) is 0 Å². The largest absolute Gasteiger partial charge is 0.317 e. The number of hydrogen-bond donors (Lipinski definition) is 1. The third kappa shape index (κ3) is 3.20. The lowest BCUT2D eigenvalue weighted by Crippen LogP contribution is -2.48. The molecule has 0 spiro atoms. The summed E-state index contributed by atoms with van der Waals surface area (Å²) in [5.74, 6) is 0. The quantitative estimate of drug-likeness (QED) is 0.840. The van der Waals surface area contributed by atoms with Gasteiger partial charge in [0.1, 0.15) is 0 Å². The number of sulfonamides is 1. The van der Waals surface area contributed by atoms with Crippen molar-refractivity contribution >= 4 is 10.0 Å². The minimum absolute atomic E-state index is 0.170. The molecule has 0 aromatic rings. The Labute approximate surface area is 106 Å². The highest BCUT2D eigenvalue weighted by Gasteiger charge is 2.37. The average Bonchev–Trinajstić information content (AvgIpc) is 2.26. The van der Waals surface area contributed by atoms with Crippen LogP contribution in [0.25, 0.3) is 0 Å². The predicted molar refractivity (Wildman–Crippen MR) is 71.5 cm³/mol. The molecule has 0 atom stereocenters. The zero-order valence-corrected chi connectivity index (χ0v) is 12.5. The maximum absolute atomic E-state index is 12.3. The molecule has 0 radical (unpaired) electrons. The van der Waals surface area contributed by atoms with Crippen molar-refractivity contribution in [2.24, 2.45) is 0 Å². The van der Waals surface area contributed by atoms with Gasteiger partial charge in [0, 0.05) is 19.1 Å². The highest BCUT2D eigenvalue weighted by molar-refractivity contribution is 7.90. The molecular weight excluding hydrogens is 236 g/mol. The van der Waals surface area contributed by atoms with Crippen LogP contribution < -0.4 is 5.32 Å². The normalized spacial score (nSPS) is 27.4. The second-order valence-corrected chi connectivity index (χ2v) is 8.68. The summed E-state index contributed by atoms with van der Waals surface area (Å²) in [7, 11) is 0.513. The lowest BCUT2D eigenvalue weighted by atomic mass is 9.91. The zero-order chi connectivity index (χ0) is 13.3. The van der Waals surface area contributed by atoms with Gasteiger partial charge in [-0.25, -0.2) is 12.7 Å². The molecule has 1 aliphatic carbocycles. The van der Waals surface area contributed by atoms with E-state index in [1.165, 1.54) is 0 Å². The van der Waals surface area contributed by atoms with E-state index in [2.05, 4.69) is 5.32 Å². The molecule has 102 valence electrons. The first-order valence-corrected chi connectivity index (χ1v) is 7.79. The molecule has 1 fully saturated rings. The summed E-state index contributed by atoms with van der Waals surface area (Å²) >= 11 is 0. The van der Waals surface area contributed by atoms with Crippen LogP contribution in [0.15, 0.2) is 0 Å². The molecule has 1 saturated carbocycles. The Morgan fingerprint density at radius 2 is 1.59 bits per heavy atom. The molecule has 4 nitrogen and oxygen atoms in total. The fourth-order valence-corrected chi connectivity index (χ4v) is 3.82. The Morgan fingerprint density at radius 1 is 1.12 bits per heavy atom. The molecular formula is C12H26N2O2S. The van der Waals surface area contributed by atoms with E-state index < -0.39 is 14.8 Å². The van der Waals surface area contributed by atoms with Crippen molar-refractivity contribution in [3.05, 3.63) is 0 Å². The van der Waals surface area contributed by atoms with E-state index in [-0.39, 0.29) is 6.04 Å². The van der Waals surface area contributed by atoms with Gasteiger partial charge in [0.25, 0.3) is 0 Å². The van der Waals surface area contributed by atoms with Gasteiger partial charge in [-0.15, -0.1) is 0 Å². The van der Waals surface area contributed by atoms with Crippen molar-refractivity contribution in [1.29, 1.82) is 0 Å². The van der Waals surface area contributed by atoms with Crippen LogP contribution in [0.4, 0.5) is 0 Å². The van der Waals surface area contributed by atoms with Gasteiger partial charge >= 0.3 is 0 Å². The molecule has 1 rings (SSSR count). The molecule has 0 aromatic carbocycles. The van der Waals surface area contributed by atoms with Gasteiger partial charge in [0.15, 0.2) is 0 Å². The Kier molecular flexibility index (Phi) is 4.60. The molecule has 1 N–H and O–H groups in total. The third-order valence-electron chi connectivity index (χ3n) is 3.77. The second kappa shape index (κ2) is 5.24. The number of nitrogens with one attached hydrogen (secondary N) is 1. The Hall–Kier alpha value is -0.130. The fraction of sp³-hybridized carbons (Fsp3) is 1.00. The average molecular weight is 262 g/mol. The third-order valence-corrected chi connectivity index (χ3v) is 6.38. The van der Waals surface area contributed by atoms with Crippen LogP contribution in [-0.4, -0.2) is 43.6 Å². The molecule has 0 heterocycles. The van der Waals surface area contributed by atoms with Crippen LogP contribution >= 0.6 is 0 Å². The SMILES string of the molecule is CNC1CCC(N(C)S(=O)(=O)C(C)(C)C)CC1. The van der Waals surface area contributed by atoms with Gasteiger partial charge in [-0.3, -0.25) is 0 Å². The van der Waals surface area contributed by atoms with Crippen molar-refractivity contribution in [3.63, 3.8) is 0 Å². The summed E-state index contributed by atoms with van der Waals surface area (Å²) in [6.45, 7) is 5.29. The highest BCUT2D eigenvalue weighted by Crippen LogP contribution is 2.28. The molecule has 0 aromatic heterocycles. The highest BCUT2D eigenvalue weighted by atomic mass is 32.2. The van der Waals surface area contributed by atoms with Crippen molar-refractivity contribution in [3.8, 4) is 0 Å². The van der Waals surface area contributed by atoms with E-state index >= 15 is 0 Å². The molecule has 0 amide bonds. The van der Waals surface area contributed by atoms with Gasteiger partial charge in [-0.05, 0) is 53.5 Å². The van der Waals surface area contributed by atoms with Crippen molar-refractivity contribution < 1.29 is 8.42 Å². The molecule has 17 heavy (non-hydrogen) atoms.